The van der Waals surface area contributed by atoms with E-state index in [0.717, 1.165) is 6.42 Å². The first-order valence-electron chi connectivity index (χ1n) is 7.29. The molecule has 0 saturated carbocycles. The van der Waals surface area contributed by atoms with Crippen LogP contribution in [-0.4, -0.2) is 16.2 Å². The van der Waals surface area contributed by atoms with Gasteiger partial charge in [0.15, 0.2) is 5.82 Å². The van der Waals surface area contributed by atoms with E-state index in [2.05, 4.69) is 47.4 Å². The molecule has 0 saturated heterocycles. The van der Waals surface area contributed by atoms with Crippen LogP contribution in [0.1, 0.15) is 30.6 Å². The second-order valence-electron chi connectivity index (χ2n) is 5.34. The molecule has 1 atom stereocenters. The molecule has 0 aliphatic rings. The minimum Gasteiger partial charge on any atom is -0.339 e. The molecular weight excluding hydrogens is 262 g/mol. The second-order valence-corrected chi connectivity index (χ2v) is 5.34. The molecule has 0 aliphatic heterocycles. The van der Waals surface area contributed by atoms with Crippen LogP contribution in [0.4, 0.5) is 0 Å². The molecule has 0 aliphatic carbocycles. The summed E-state index contributed by atoms with van der Waals surface area (Å²) in [5.74, 6) is 1.34. The van der Waals surface area contributed by atoms with Crippen molar-refractivity contribution in [3.8, 4) is 0 Å². The van der Waals surface area contributed by atoms with Gasteiger partial charge in [0.25, 0.3) is 0 Å². The summed E-state index contributed by atoms with van der Waals surface area (Å²) in [6.07, 6.45) is 2.23. The van der Waals surface area contributed by atoms with Crippen LogP contribution in [0.15, 0.2) is 47.0 Å². The highest BCUT2D eigenvalue weighted by molar-refractivity contribution is 5.83. The van der Waals surface area contributed by atoms with Crippen LogP contribution in [0.2, 0.25) is 0 Å². The molecule has 2 N–H and O–H groups in total. The van der Waals surface area contributed by atoms with Crippen LogP contribution in [0.25, 0.3) is 10.8 Å². The number of hydrogen-bond acceptors (Lipinski definition) is 4. The lowest BCUT2D eigenvalue weighted by atomic mass is 10.1. The molecule has 3 aromatic rings. The number of aromatic nitrogens is 2. The summed E-state index contributed by atoms with van der Waals surface area (Å²) in [4.78, 5) is 4.42. The van der Waals surface area contributed by atoms with E-state index in [0.29, 0.717) is 24.6 Å². The van der Waals surface area contributed by atoms with Gasteiger partial charge in [0.1, 0.15) is 0 Å². The van der Waals surface area contributed by atoms with Crippen LogP contribution in [0.5, 0.6) is 0 Å². The van der Waals surface area contributed by atoms with E-state index in [9.17, 15) is 0 Å². The van der Waals surface area contributed by atoms with Crippen molar-refractivity contribution < 1.29 is 4.52 Å². The van der Waals surface area contributed by atoms with Crippen molar-refractivity contribution in [3.63, 3.8) is 0 Å². The lowest BCUT2D eigenvalue weighted by molar-refractivity contribution is 0.377. The van der Waals surface area contributed by atoms with Crippen LogP contribution in [-0.2, 0) is 12.8 Å². The fourth-order valence-electron chi connectivity index (χ4n) is 2.35. The Kier molecular flexibility index (Phi) is 3.97. The molecule has 3 rings (SSSR count). The fourth-order valence-corrected chi connectivity index (χ4v) is 2.35. The minimum absolute atomic E-state index is 0.0936. The van der Waals surface area contributed by atoms with E-state index in [1.54, 1.807) is 0 Å². The molecule has 108 valence electrons. The highest BCUT2D eigenvalue weighted by Gasteiger charge is 2.10. The maximum atomic E-state index is 5.91. The number of benzene rings is 2. The highest BCUT2D eigenvalue weighted by atomic mass is 16.5. The van der Waals surface area contributed by atoms with Crippen LogP contribution in [0, 0.1) is 0 Å². The normalized spacial score (nSPS) is 12.7. The van der Waals surface area contributed by atoms with Gasteiger partial charge in [0.2, 0.25) is 5.89 Å². The smallest absolute Gasteiger partial charge is 0.231 e. The quantitative estimate of drug-likeness (QED) is 0.780. The largest absolute Gasteiger partial charge is 0.339 e. The van der Waals surface area contributed by atoms with Gasteiger partial charge in [-0.05, 0) is 22.8 Å². The standard InChI is InChI=1S/C17H19N3O/c1-2-15(18)11-16-19-17(21-20-16)10-12-7-8-13-5-3-4-6-14(13)9-12/h3-9,15H,2,10-11,18H2,1H3. The Morgan fingerprint density at radius 2 is 1.95 bits per heavy atom. The third-order valence-electron chi connectivity index (χ3n) is 3.65. The third-order valence-corrected chi connectivity index (χ3v) is 3.65. The van der Waals surface area contributed by atoms with Crippen molar-refractivity contribution in [2.75, 3.05) is 0 Å². The summed E-state index contributed by atoms with van der Waals surface area (Å²) in [5.41, 5.74) is 7.08. The van der Waals surface area contributed by atoms with Gasteiger partial charge in [-0.3, -0.25) is 0 Å². The van der Waals surface area contributed by atoms with Gasteiger partial charge in [-0.25, -0.2) is 0 Å². The van der Waals surface area contributed by atoms with E-state index in [4.69, 9.17) is 10.3 Å². The summed E-state index contributed by atoms with van der Waals surface area (Å²) < 4.78 is 5.31. The SMILES string of the molecule is CCC(N)Cc1noc(Cc2ccc3ccccc3c2)n1. The maximum Gasteiger partial charge on any atom is 0.231 e. The van der Waals surface area contributed by atoms with Crippen LogP contribution in [0.3, 0.4) is 0 Å². The Bertz CT molecular complexity index is 735. The number of nitrogens with two attached hydrogens (primary N) is 1. The first kappa shape index (κ1) is 13.8. The second kappa shape index (κ2) is 6.06. The Labute approximate surface area is 124 Å². The topological polar surface area (TPSA) is 64.9 Å². The predicted molar refractivity (Wildman–Crippen MR) is 83.0 cm³/mol. The fraction of sp³-hybridized carbons (Fsp3) is 0.294. The monoisotopic (exact) mass is 281 g/mol. The first-order valence-corrected chi connectivity index (χ1v) is 7.29. The van der Waals surface area contributed by atoms with Crippen molar-refractivity contribution in [1.82, 2.24) is 10.1 Å². The van der Waals surface area contributed by atoms with E-state index >= 15 is 0 Å². The van der Waals surface area contributed by atoms with Crippen LogP contribution >= 0.6 is 0 Å². The third kappa shape index (κ3) is 3.28. The summed E-state index contributed by atoms with van der Waals surface area (Å²) in [7, 11) is 0. The maximum absolute atomic E-state index is 5.91. The molecule has 4 nitrogen and oxygen atoms in total. The molecule has 0 radical (unpaired) electrons. The Morgan fingerprint density at radius 1 is 1.14 bits per heavy atom. The molecular formula is C17H19N3O. The van der Waals surface area contributed by atoms with Gasteiger partial charge in [0, 0.05) is 12.5 Å². The number of fused-ring (bicyclic) bond motifs is 1. The molecule has 4 heteroatoms. The van der Waals surface area contributed by atoms with Gasteiger partial charge < -0.3 is 10.3 Å². The average molecular weight is 281 g/mol. The zero-order valence-corrected chi connectivity index (χ0v) is 12.1. The molecule has 1 aromatic heterocycles. The van der Waals surface area contributed by atoms with E-state index in [-0.39, 0.29) is 6.04 Å². The van der Waals surface area contributed by atoms with Crippen molar-refractivity contribution in [2.24, 2.45) is 5.73 Å². The predicted octanol–water partition coefficient (Wildman–Crippen LogP) is 3.09. The first-order chi connectivity index (χ1) is 10.2. The van der Waals surface area contributed by atoms with E-state index in [1.807, 2.05) is 12.1 Å². The van der Waals surface area contributed by atoms with Crippen molar-refractivity contribution in [2.45, 2.75) is 32.2 Å². The summed E-state index contributed by atoms with van der Waals surface area (Å²) in [6.45, 7) is 2.06. The lowest BCUT2D eigenvalue weighted by Crippen LogP contribution is -2.22. The van der Waals surface area contributed by atoms with E-state index < -0.39 is 0 Å². The highest BCUT2D eigenvalue weighted by Crippen LogP contribution is 2.17. The number of rotatable bonds is 5. The summed E-state index contributed by atoms with van der Waals surface area (Å²) in [6, 6.07) is 14.8. The molecule has 0 fully saturated rings. The Balaban J connectivity index is 1.75. The molecule has 0 spiro atoms. The van der Waals surface area contributed by atoms with Crippen molar-refractivity contribution >= 4 is 10.8 Å². The van der Waals surface area contributed by atoms with Gasteiger partial charge in [-0.2, -0.15) is 4.98 Å². The molecule has 1 heterocycles. The minimum atomic E-state index is 0.0936. The van der Waals surface area contributed by atoms with Crippen molar-refractivity contribution in [1.29, 1.82) is 0 Å². The van der Waals surface area contributed by atoms with Gasteiger partial charge in [0.05, 0.1) is 6.42 Å². The summed E-state index contributed by atoms with van der Waals surface area (Å²) >= 11 is 0. The molecule has 21 heavy (non-hydrogen) atoms. The zero-order chi connectivity index (χ0) is 14.7. The Morgan fingerprint density at radius 3 is 2.76 bits per heavy atom. The van der Waals surface area contributed by atoms with Gasteiger partial charge >= 0.3 is 0 Å². The molecule has 0 bridgehead atoms. The number of nitrogens with zero attached hydrogens (tertiary/aromatic N) is 2. The average Bonchev–Trinajstić information content (AvgIpc) is 2.94. The van der Waals surface area contributed by atoms with Gasteiger partial charge in [-0.1, -0.05) is 54.5 Å². The van der Waals surface area contributed by atoms with Crippen molar-refractivity contribution in [3.05, 3.63) is 59.7 Å². The summed E-state index contributed by atoms with van der Waals surface area (Å²) in [5, 5.41) is 6.46. The zero-order valence-electron chi connectivity index (χ0n) is 12.1. The molecule has 0 amide bonds. The van der Waals surface area contributed by atoms with E-state index in [1.165, 1.54) is 16.3 Å². The molecule has 1 unspecified atom stereocenters. The van der Waals surface area contributed by atoms with Gasteiger partial charge in [-0.15, -0.1) is 0 Å². The number of hydrogen-bond donors (Lipinski definition) is 1. The van der Waals surface area contributed by atoms with Crippen LogP contribution < -0.4 is 5.73 Å². The molecule has 2 aromatic carbocycles. The lowest BCUT2D eigenvalue weighted by Gasteiger charge is -2.02. The Hall–Kier alpha value is -2.20.